The Labute approximate surface area is 143 Å². The summed E-state index contributed by atoms with van der Waals surface area (Å²) in [6.45, 7) is 4.67. The Kier molecular flexibility index (Phi) is 4.71. The van der Waals surface area contributed by atoms with E-state index in [0.717, 1.165) is 18.8 Å². The maximum absolute atomic E-state index is 12.0. The van der Waals surface area contributed by atoms with E-state index < -0.39 is 22.8 Å². The van der Waals surface area contributed by atoms with Gasteiger partial charge in [0.25, 0.3) is 5.56 Å². The van der Waals surface area contributed by atoms with E-state index in [1.165, 1.54) is 0 Å². The lowest BCUT2D eigenvalue weighted by Crippen LogP contribution is -2.36. The first-order chi connectivity index (χ1) is 12.0. The molecule has 3 heterocycles. The summed E-state index contributed by atoms with van der Waals surface area (Å²) in [5, 5.41) is 19.3. The first-order valence-corrected chi connectivity index (χ1v) is 8.03. The highest BCUT2D eigenvalue weighted by atomic mass is 16.5. The molecular weight excluding hydrogens is 326 g/mol. The number of anilines is 1. The molecule has 0 spiro atoms. The third-order valence-electron chi connectivity index (χ3n) is 4.24. The third kappa shape index (κ3) is 3.20. The van der Waals surface area contributed by atoms with E-state index in [-0.39, 0.29) is 0 Å². The summed E-state index contributed by atoms with van der Waals surface area (Å²) >= 11 is 0. The van der Waals surface area contributed by atoms with E-state index >= 15 is 0 Å². The van der Waals surface area contributed by atoms with E-state index in [1.54, 1.807) is 19.2 Å². The number of aromatic carboxylic acids is 1. The highest BCUT2D eigenvalue weighted by Gasteiger charge is 2.22. The van der Waals surface area contributed by atoms with Gasteiger partial charge >= 0.3 is 5.97 Å². The SMILES string of the molecule is CCc1c(-c2ccc(N3CCOCC3)cn2)[nH]c(=O)c(C(=O)O)c1O. The van der Waals surface area contributed by atoms with Crippen molar-refractivity contribution in [2.24, 2.45) is 0 Å². The highest BCUT2D eigenvalue weighted by molar-refractivity contribution is 5.91. The van der Waals surface area contributed by atoms with Crippen molar-refractivity contribution >= 4 is 11.7 Å². The van der Waals surface area contributed by atoms with E-state index in [9.17, 15) is 14.7 Å². The minimum Gasteiger partial charge on any atom is -0.506 e. The number of hydrogen-bond donors (Lipinski definition) is 3. The van der Waals surface area contributed by atoms with Crippen LogP contribution >= 0.6 is 0 Å². The number of carboxylic acid groups (broad SMARTS) is 1. The zero-order valence-electron chi connectivity index (χ0n) is 13.8. The number of aromatic amines is 1. The van der Waals surface area contributed by atoms with Gasteiger partial charge in [0, 0.05) is 18.7 Å². The highest BCUT2D eigenvalue weighted by Crippen LogP contribution is 2.29. The predicted octanol–water partition coefficient (Wildman–Crippen LogP) is 1.24. The maximum atomic E-state index is 12.0. The van der Waals surface area contributed by atoms with E-state index in [2.05, 4.69) is 14.9 Å². The van der Waals surface area contributed by atoms with Gasteiger partial charge in [-0.05, 0) is 18.6 Å². The first-order valence-electron chi connectivity index (χ1n) is 8.03. The fourth-order valence-corrected chi connectivity index (χ4v) is 2.93. The third-order valence-corrected chi connectivity index (χ3v) is 4.24. The normalized spacial score (nSPS) is 14.5. The standard InChI is InChI=1S/C17H19N3O5/c1-2-11-14(19-16(22)13(15(11)21)17(23)24)12-4-3-10(9-18-12)20-5-7-25-8-6-20/h3-4,9H,2,5-8H2,1H3,(H,23,24)(H2,19,21,22). The molecule has 8 nitrogen and oxygen atoms in total. The number of aromatic hydroxyl groups is 1. The van der Waals surface area contributed by atoms with Crippen LogP contribution in [-0.2, 0) is 11.2 Å². The van der Waals surface area contributed by atoms with Crippen LogP contribution in [0.5, 0.6) is 5.75 Å². The van der Waals surface area contributed by atoms with Crippen LogP contribution in [0.1, 0.15) is 22.8 Å². The monoisotopic (exact) mass is 345 g/mol. The molecule has 2 aromatic heterocycles. The van der Waals surface area contributed by atoms with Gasteiger partial charge in [0.15, 0.2) is 5.56 Å². The smallest absolute Gasteiger partial charge is 0.345 e. The molecule has 0 saturated carbocycles. The second kappa shape index (κ2) is 6.94. The summed E-state index contributed by atoms with van der Waals surface area (Å²) in [4.78, 5) is 32.2. The minimum atomic E-state index is -1.46. The van der Waals surface area contributed by atoms with Crippen molar-refractivity contribution in [1.82, 2.24) is 9.97 Å². The van der Waals surface area contributed by atoms with Crippen molar-refractivity contribution in [3.63, 3.8) is 0 Å². The van der Waals surface area contributed by atoms with Crippen molar-refractivity contribution < 1.29 is 19.7 Å². The second-order valence-electron chi connectivity index (χ2n) is 5.69. The molecule has 132 valence electrons. The van der Waals surface area contributed by atoms with Gasteiger partial charge in [0.05, 0.1) is 36.5 Å². The molecule has 1 aliphatic rings. The number of nitrogens with one attached hydrogen (secondary N) is 1. The van der Waals surface area contributed by atoms with Crippen molar-refractivity contribution in [3.05, 3.63) is 39.8 Å². The van der Waals surface area contributed by atoms with Gasteiger partial charge in [-0.1, -0.05) is 6.92 Å². The lowest BCUT2D eigenvalue weighted by molar-refractivity contribution is 0.0691. The largest absolute Gasteiger partial charge is 0.506 e. The van der Waals surface area contributed by atoms with E-state index in [1.807, 2.05) is 6.07 Å². The van der Waals surface area contributed by atoms with Gasteiger partial charge < -0.3 is 24.8 Å². The molecule has 0 atom stereocenters. The summed E-state index contributed by atoms with van der Waals surface area (Å²) in [6.07, 6.45) is 2.05. The summed E-state index contributed by atoms with van der Waals surface area (Å²) in [6, 6.07) is 3.63. The number of ether oxygens (including phenoxy) is 1. The fraction of sp³-hybridized carbons (Fsp3) is 0.353. The van der Waals surface area contributed by atoms with Crippen LogP contribution in [-0.4, -0.2) is 52.5 Å². The number of rotatable bonds is 4. The zero-order valence-corrected chi connectivity index (χ0v) is 13.8. The number of nitrogens with zero attached hydrogens (tertiary/aromatic N) is 2. The number of carboxylic acids is 1. The molecule has 1 fully saturated rings. The molecular formula is C17H19N3O5. The Morgan fingerprint density at radius 1 is 1.36 bits per heavy atom. The van der Waals surface area contributed by atoms with E-state index in [4.69, 9.17) is 9.84 Å². The molecule has 0 amide bonds. The topological polar surface area (TPSA) is 116 Å². The predicted molar refractivity (Wildman–Crippen MR) is 91.3 cm³/mol. The van der Waals surface area contributed by atoms with Crippen LogP contribution in [0.25, 0.3) is 11.4 Å². The van der Waals surface area contributed by atoms with Crippen molar-refractivity contribution in [2.75, 3.05) is 31.2 Å². The van der Waals surface area contributed by atoms with Crippen LogP contribution < -0.4 is 10.5 Å². The average Bonchev–Trinajstić information content (AvgIpc) is 2.62. The number of morpholine rings is 1. The Morgan fingerprint density at radius 2 is 2.08 bits per heavy atom. The Morgan fingerprint density at radius 3 is 2.64 bits per heavy atom. The van der Waals surface area contributed by atoms with Crippen molar-refractivity contribution in [1.29, 1.82) is 0 Å². The van der Waals surface area contributed by atoms with Gasteiger partial charge in [-0.2, -0.15) is 0 Å². The molecule has 1 saturated heterocycles. The van der Waals surface area contributed by atoms with Crippen LogP contribution in [0.2, 0.25) is 0 Å². The quantitative estimate of drug-likeness (QED) is 0.763. The molecule has 8 heteroatoms. The zero-order chi connectivity index (χ0) is 18.0. The van der Waals surface area contributed by atoms with Crippen LogP contribution in [0.3, 0.4) is 0 Å². The van der Waals surface area contributed by atoms with Gasteiger partial charge in [0.1, 0.15) is 5.75 Å². The van der Waals surface area contributed by atoms with Gasteiger partial charge in [-0.25, -0.2) is 4.79 Å². The van der Waals surface area contributed by atoms with E-state index in [0.29, 0.717) is 36.6 Å². The number of pyridine rings is 2. The van der Waals surface area contributed by atoms with Crippen LogP contribution in [0, 0.1) is 0 Å². The van der Waals surface area contributed by atoms with Gasteiger partial charge in [0.2, 0.25) is 0 Å². The van der Waals surface area contributed by atoms with Crippen molar-refractivity contribution in [2.45, 2.75) is 13.3 Å². The molecule has 0 unspecified atom stereocenters. The average molecular weight is 345 g/mol. The lowest BCUT2D eigenvalue weighted by atomic mass is 10.0. The van der Waals surface area contributed by atoms with Gasteiger partial charge in [-0.3, -0.25) is 9.78 Å². The number of H-pyrrole nitrogens is 1. The van der Waals surface area contributed by atoms with Crippen molar-refractivity contribution in [3.8, 4) is 17.1 Å². The lowest BCUT2D eigenvalue weighted by Gasteiger charge is -2.28. The van der Waals surface area contributed by atoms with Gasteiger partial charge in [-0.15, -0.1) is 0 Å². The van der Waals surface area contributed by atoms with Crippen LogP contribution in [0.4, 0.5) is 5.69 Å². The summed E-state index contributed by atoms with van der Waals surface area (Å²) < 4.78 is 5.32. The molecule has 0 aliphatic carbocycles. The second-order valence-corrected chi connectivity index (χ2v) is 5.69. The number of carbonyl (C=O) groups is 1. The Hall–Kier alpha value is -2.87. The molecule has 0 bridgehead atoms. The maximum Gasteiger partial charge on any atom is 0.345 e. The Bertz CT molecular complexity index is 839. The minimum absolute atomic E-state index is 0.337. The molecule has 3 rings (SSSR count). The number of aromatic nitrogens is 2. The Balaban J connectivity index is 2.01. The molecule has 0 radical (unpaired) electrons. The summed E-state index contributed by atoms with van der Waals surface area (Å²) in [7, 11) is 0. The molecule has 1 aliphatic heterocycles. The number of hydrogen-bond acceptors (Lipinski definition) is 6. The molecule has 2 aromatic rings. The summed E-state index contributed by atoms with van der Waals surface area (Å²) in [5.41, 5.74) is 0.603. The molecule has 0 aromatic carbocycles. The first kappa shape index (κ1) is 17.0. The molecule has 3 N–H and O–H groups in total. The molecule has 25 heavy (non-hydrogen) atoms. The van der Waals surface area contributed by atoms with Crippen LogP contribution in [0.15, 0.2) is 23.1 Å². The summed E-state index contributed by atoms with van der Waals surface area (Å²) in [5.74, 6) is -1.97. The fourth-order valence-electron chi connectivity index (χ4n) is 2.93.